The average Bonchev–Trinajstić information content (AvgIpc) is 3.06. The third kappa shape index (κ3) is 6.50. The van der Waals surface area contributed by atoms with Crippen LogP contribution >= 0.6 is 7.82 Å². The largest absolute Gasteiger partial charge is 2.00 e. The normalized spacial score (nSPS) is 11.4. The van der Waals surface area contributed by atoms with Crippen LogP contribution in [0, 0.1) is 27.7 Å². The fourth-order valence-corrected chi connectivity index (χ4v) is 3.65. The number of nitrogens with zero attached hydrogens (tertiary/aromatic N) is 3. The molecular weight excluding hydrogens is 501 g/mol. The molecule has 0 saturated heterocycles. The van der Waals surface area contributed by atoms with Gasteiger partial charge < -0.3 is 33.9 Å². The molecule has 11 nitrogen and oxygen atoms in total. The zero-order valence-electron chi connectivity index (χ0n) is 19.6. The van der Waals surface area contributed by atoms with Crippen molar-refractivity contribution in [3.63, 3.8) is 0 Å². The Kier molecular flexibility index (Phi) is 8.44. The Morgan fingerprint density at radius 3 is 2.37 bits per heavy atom. The zero-order chi connectivity index (χ0) is 24.6. The number of phosphoric acid groups is 1. The summed E-state index contributed by atoms with van der Waals surface area (Å²) in [6, 6.07) is 8.82. The van der Waals surface area contributed by atoms with E-state index < -0.39 is 20.3 Å². The molecule has 0 bridgehead atoms. The molecule has 0 atom stereocenters. The minimum atomic E-state index is -5.26. The monoisotopic (exact) mass is 523 g/mol. The maximum atomic E-state index is 12.0. The Morgan fingerprint density at radius 1 is 1.03 bits per heavy atom. The predicted molar refractivity (Wildman–Crippen MR) is 129 cm³/mol. The third-order valence-corrected chi connectivity index (χ3v) is 5.86. The first kappa shape index (κ1) is 27.3. The molecule has 2 aromatic heterocycles. The van der Waals surface area contributed by atoms with Crippen LogP contribution in [0.4, 0.5) is 23.1 Å². The summed E-state index contributed by atoms with van der Waals surface area (Å²) in [6.07, 6.45) is 1.67. The minimum absolute atomic E-state index is 0. The fourth-order valence-electron chi connectivity index (χ4n) is 3.39. The molecule has 13 heteroatoms. The van der Waals surface area contributed by atoms with Gasteiger partial charge in [0.05, 0.1) is 13.3 Å². The van der Waals surface area contributed by atoms with Gasteiger partial charge in [0.2, 0.25) is 5.95 Å². The molecule has 35 heavy (non-hydrogen) atoms. The van der Waals surface area contributed by atoms with E-state index in [-0.39, 0.29) is 48.8 Å². The molecule has 2 aromatic carbocycles. The van der Waals surface area contributed by atoms with Crippen LogP contribution < -0.4 is 26.2 Å². The first-order chi connectivity index (χ1) is 16.0. The summed E-state index contributed by atoms with van der Waals surface area (Å²) in [6.45, 7) is 7.21. The number of rotatable bonds is 7. The maximum absolute atomic E-state index is 12.0. The van der Waals surface area contributed by atoms with E-state index in [2.05, 4.69) is 32.0 Å². The van der Waals surface area contributed by atoms with Gasteiger partial charge >= 0.3 is 43.5 Å². The topological polar surface area (TPSA) is 157 Å². The van der Waals surface area contributed by atoms with Crippen molar-refractivity contribution in [1.29, 1.82) is 0 Å². The molecule has 2 heterocycles. The number of aromatic nitrogens is 3. The van der Waals surface area contributed by atoms with Gasteiger partial charge in [-0.15, -0.1) is 0 Å². The number of phosphoric ester groups is 1. The molecule has 0 radical (unpaired) electrons. The molecular formula is C22H22CaN5O6P. The van der Waals surface area contributed by atoms with Crippen LogP contribution in [-0.2, 0) is 15.8 Å². The van der Waals surface area contributed by atoms with Gasteiger partial charge in [0.15, 0.2) is 5.58 Å². The van der Waals surface area contributed by atoms with E-state index in [4.69, 9.17) is 4.42 Å². The predicted octanol–water partition coefficient (Wildman–Crippen LogP) is 2.53. The minimum Gasteiger partial charge on any atom is -0.790 e. The molecule has 0 unspecified atom stereocenters. The third-order valence-electron chi connectivity index (χ3n) is 5.43. The zero-order valence-corrected chi connectivity index (χ0v) is 22.7. The van der Waals surface area contributed by atoms with Crippen molar-refractivity contribution >= 4 is 79.8 Å². The molecule has 2 N–H and O–H groups in total. The molecule has 0 aliphatic heterocycles. The number of oxazole rings is 1. The van der Waals surface area contributed by atoms with Gasteiger partial charge in [-0.1, -0.05) is 0 Å². The van der Waals surface area contributed by atoms with Crippen molar-refractivity contribution in [2.45, 2.75) is 34.4 Å². The molecule has 0 saturated carbocycles. The van der Waals surface area contributed by atoms with E-state index in [0.717, 1.165) is 26.9 Å². The van der Waals surface area contributed by atoms with Crippen LogP contribution in [0.3, 0.4) is 0 Å². The van der Waals surface area contributed by atoms with Crippen LogP contribution in [0.2, 0.25) is 0 Å². The second-order valence-corrected chi connectivity index (χ2v) is 9.05. The van der Waals surface area contributed by atoms with Crippen LogP contribution in [0.15, 0.2) is 45.7 Å². The van der Waals surface area contributed by atoms with Crippen LogP contribution in [0.25, 0.3) is 11.1 Å². The maximum Gasteiger partial charge on any atom is 2.00 e. The Hall–Kier alpha value is -2.24. The van der Waals surface area contributed by atoms with Gasteiger partial charge in [0.25, 0.3) is 0 Å². The molecule has 4 rings (SSSR count). The van der Waals surface area contributed by atoms with Crippen molar-refractivity contribution in [3.8, 4) is 0 Å². The number of benzene rings is 2. The SMILES string of the molecule is Cc1cnc(Nc2cc(C)c(C)c(C)c2)nc1Nc1ccc2oc(=O)n(COP(=O)([O-])[O-])c2c1.[Ca+2]. The fraction of sp³-hybridized carbons (Fsp3) is 0.227. The summed E-state index contributed by atoms with van der Waals surface area (Å²) >= 11 is 0. The van der Waals surface area contributed by atoms with Crippen molar-refractivity contribution in [2.75, 3.05) is 10.6 Å². The van der Waals surface area contributed by atoms with Gasteiger partial charge in [-0.2, -0.15) is 4.98 Å². The van der Waals surface area contributed by atoms with Gasteiger partial charge in [-0.3, -0.25) is 0 Å². The van der Waals surface area contributed by atoms with Crippen molar-refractivity contribution in [2.24, 2.45) is 0 Å². The molecule has 4 aromatic rings. The van der Waals surface area contributed by atoms with E-state index in [0.29, 0.717) is 17.5 Å². The Morgan fingerprint density at radius 2 is 1.71 bits per heavy atom. The van der Waals surface area contributed by atoms with Gasteiger partial charge in [0, 0.05) is 23.1 Å². The second-order valence-electron chi connectivity index (χ2n) is 7.89. The molecule has 0 spiro atoms. The van der Waals surface area contributed by atoms with Gasteiger partial charge in [-0.05, 0) is 74.7 Å². The number of aryl methyl sites for hydroxylation is 3. The van der Waals surface area contributed by atoms with E-state index in [1.54, 1.807) is 18.3 Å². The molecule has 0 aliphatic rings. The summed E-state index contributed by atoms with van der Waals surface area (Å²) in [7, 11) is -5.26. The summed E-state index contributed by atoms with van der Waals surface area (Å²) in [4.78, 5) is 42.6. The van der Waals surface area contributed by atoms with Crippen LogP contribution in [0.5, 0.6) is 0 Å². The average molecular weight is 523 g/mol. The molecule has 178 valence electrons. The van der Waals surface area contributed by atoms with E-state index in [1.165, 1.54) is 11.6 Å². The van der Waals surface area contributed by atoms with E-state index >= 15 is 0 Å². The Bertz CT molecular complexity index is 1470. The van der Waals surface area contributed by atoms with E-state index in [9.17, 15) is 19.1 Å². The Balaban J connectivity index is 0.00000342. The second kappa shape index (κ2) is 10.8. The Labute approximate surface area is 230 Å². The molecule has 0 aliphatic carbocycles. The summed E-state index contributed by atoms with van der Waals surface area (Å²) in [5, 5.41) is 6.38. The summed E-state index contributed by atoms with van der Waals surface area (Å²) in [5.41, 5.74) is 6.18. The summed E-state index contributed by atoms with van der Waals surface area (Å²) in [5.74, 6) is 0.0655. The summed E-state index contributed by atoms with van der Waals surface area (Å²) < 4.78 is 21.0. The quantitative estimate of drug-likeness (QED) is 0.272. The number of hydrogen-bond acceptors (Lipinski definition) is 10. The number of hydrogen-bond donors (Lipinski definition) is 2. The number of anilines is 4. The first-order valence-electron chi connectivity index (χ1n) is 10.3. The first-order valence-corrected chi connectivity index (χ1v) is 11.7. The van der Waals surface area contributed by atoms with Gasteiger partial charge in [-0.25, -0.2) is 14.3 Å². The van der Waals surface area contributed by atoms with Crippen LogP contribution in [-0.4, -0.2) is 52.3 Å². The number of fused-ring (bicyclic) bond motifs is 1. The van der Waals surface area contributed by atoms with Gasteiger partial charge in [0.1, 0.15) is 12.5 Å². The van der Waals surface area contributed by atoms with E-state index in [1.807, 2.05) is 32.9 Å². The van der Waals surface area contributed by atoms with Crippen molar-refractivity contribution in [1.82, 2.24) is 14.5 Å². The smallest absolute Gasteiger partial charge is 0.790 e. The van der Waals surface area contributed by atoms with Crippen LogP contribution in [0.1, 0.15) is 22.3 Å². The standard InChI is InChI=1S/C22H24N5O6P.Ca/c1-12-7-17(8-13(2)15(12)4)25-21-23-10-14(3)20(26-21)24-16-5-6-19-18(9-16)27(22(28)33-19)11-32-34(29,30)31;/h5-10H,11H2,1-4H3,(H2,29,30,31)(H2,23,24,25,26);/q;+2/p-2. The molecule has 0 amide bonds. The molecule has 0 fully saturated rings. The number of nitrogens with one attached hydrogen (secondary N) is 2. The van der Waals surface area contributed by atoms with Crippen molar-refractivity contribution in [3.05, 3.63) is 69.3 Å². The van der Waals surface area contributed by atoms with Crippen molar-refractivity contribution < 1.29 is 23.3 Å².